The first-order valence-corrected chi connectivity index (χ1v) is 10.5. The molecule has 3 rings (SSSR count). The Labute approximate surface area is 139 Å². The van der Waals surface area contributed by atoms with Gasteiger partial charge in [-0.15, -0.1) is 0 Å². The molecule has 0 bridgehead atoms. The summed E-state index contributed by atoms with van der Waals surface area (Å²) in [5, 5.41) is -0.290. The summed E-state index contributed by atoms with van der Waals surface area (Å²) in [5.74, 6) is -0.133. The zero-order valence-electron chi connectivity index (χ0n) is 13.9. The molecule has 6 nitrogen and oxygen atoms in total. The minimum Gasteiger partial charge on any atom is -0.379 e. The van der Waals surface area contributed by atoms with Crippen molar-refractivity contribution in [1.29, 1.82) is 0 Å². The van der Waals surface area contributed by atoms with Gasteiger partial charge in [0.2, 0.25) is 5.91 Å². The largest absolute Gasteiger partial charge is 0.379 e. The molecule has 0 aromatic carbocycles. The monoisotopic (exact) mass is 344 g/mol. The Bertz CT molecular complexity index is 524. The zero-order chi connectivity index (χ0) is 16.4. The van der Waals surface area contributed by atoms with Crippen molar-refractivity contribution in [3.63, 3.8) is 0 Å². The van der Waals surface area contributed by atoms with E-state index >= 15 is 0 Å². The summed E-state index contributed by atoms with van der Waals surface area (Å²) in [7, 11) is -3.28. The molecule has 2 heterocycles. The van der Waals surface area contributed by atoms with E-state index in [0.717, 1.165) is 52.0 Å². The Kier molecular flexibility index (Phi) is 5.28. The van der Waals surface area contributed by atoms with Gasteiger partial charge in [0.15, 0.2) is 9.84 Å². The van der Waals surface area contributed by atoms with E-state index < -0.39 is 9.84 Å². The number of rotatable bonds is 4. The number of likely N-dealkylation sites (tertiary alicyclic amines) is 1. The number of nitrogens with zero attached hydrogens (tertiary/aromatic N) is 2. The van der Waals surface area contributed by atoms with Gasteiger partial charge in [-0.3, -0.25) is 9.69 Å². The highest BCUT2D eigenvalue weighted by atomic mass is 32.2. The standard InChI is InChI=1S/C16H28N2O4S/c1-13-10-18(11-15(13)17-6-8-22-9-7-17)16(19)12-23(20,21)14-4-2-3-5-14/h13-15H,2-12H2,1H3/t13-,15-/m0/s1. The quantitative estimate of drug-likeness (QED) is 0.744. The Hall–Kier alpha value is -0.660. The van der Waals surface area contributed by atoms with Crippen LogP contribution in [0.3, 0.4) is 0 Å². The number of amides is 1. The lowest BCUT2D eigenvalue weighted by atomic mass is 10.0. The van der Waals surface area contributed by atoms with E-state index in [-0.39, 0.29) is 16.9 Å². The van der Waals surface area contributed by atoms with Gasteiger partial charge in [-0.05, 0) is 18.8 Å². The molecule has 132 valence electrons. The fourth-order valence-electron chi connectivity index (χ4n) is 4.17. The predicted molar refractivity (Wildman–Crippen MR) is 88.0 cm³/mol. The lowest BCUT2D eigenvalue weighted by Gasteiger charge is -2.34. The maximum absolute atomic E-state index is 12.5. The van der Waals surface area contributed by atoms with Crippen LogP contribution in [-0.4, -0.2) is 80.6 Å². The molecule has 3 fully saturated rings. The maximum Gasteiger partial charge on any atom is 0.237 e. The second kappa shape index (κ2) is 7.07. The third-order valence-corrected chi connectivity index (χ3v) is 7.71. The van der Waals surface area contributed by atoms with Gasteiger partial charge in [0, 0.05) is 32.2 Å². The Balaban J connectivity index is 1.58. The van der Waals surface area contributed by atoms with Crippen molar-refractivity contribution in [3.8, 4) is 0 Å². The summed E-state index contributed by atoms with van der Waals surface area (Å²) < 4.78 is 30.2. The molecular formula is C16H28N2O4S. The third kappa shape index (κ3) is 3.88. The van der Waals surface area contributed by atoms with Crippen molar-refractivity contribution in [3.05, 3.63) is 0 Å². The molecule has 0 N–H and O–H groups in total. The van der Waals surface area contributed by atoms with Gasteiger partial charge in [0.1, 0.15) is 5.75 Å². The normalized spacial score (nSPS) is 30.9. The van der Waals surface area contributed by atoms with Crippen molar-refractivity contribution < 1.29 is 17.9 Å². The SMILES string of the molecule is C[C@H]1CN(C(=O)CS(=O)(=O)C2CCCC2)C[C@@H]1N1CCOCC1. The molecule has 1 saturated carbocycles. The van der Waals surface area contributed by atoms with Crippen LogP contribution in [0.1, 0.15) is 32.6 Å². The summed E-state index contributed by atoms with van der Waals surface area (Å²) in [6.07, 6.45) is 3.39. The van der Waals surface area contributed by atoms with E-state index in [4.69, 9.17) is 4.74 Å². The molecule has 0 unspecified atom stereocenters. The molecule has 2 saturated heterocycles. The summed E-state index contributed by atoms with van der Waals surface area (Å²) in [5.41, 5.74) is 0. The summed E-state index contributed by atoms with van der Waals surface area (Å²) >= 11 is 0. The van der Waals surface area contributed by atoms with Crippen LogP contribution in [0.2, 0.25) is 0 Å². The van der Waals surface area contributed by atoms with Crippen LogP contribution in [0.4, 0.5) is 0 Å². The molecule has 1 amide bonds. The van der Waals surface area contributed by atoms with Crippen LogP contribution in [0, 0.1) is 5.92 Å². The molecule has 1 aliphatic carbocycles. The number of carbonyl (C=O) groups excluding carboxylic acids is 1. The molecule has 23 heavy (non-hydrogen) atoms. The number of hydrogen-bond donors (Lipinski definition) is 0. The van der Waals surface area contributed by atoms with Crippen molar-refractivity contribution in [2.75, 3.05) is 45.1 Å². The zero-order valence-corrected chi connectivity index (χ0v) is 14.8. The molecule has 2 aliphatic heterocycles. The van der Waals surface area contributed by atoms with Gasteiger partial charge in [0.25, 0.3) is 0 Å². The molecular weight excluding hydrogens is 316 g/mol. The van der Waals surface area contributed by atoms with Crippen molar-refractivity contribution >= 4 is 15.7 Å². The minimum atomic E-state index is -3.28. The van der Waals surface area contributed by atoms with E-state index in [2.05, 4.69) is 11.8 Å². The predicted octanol–water partition coefficient (Wildman–Crippen LogP) is 0.523. The van der Waals surface area contributed by atoms with E-state index in [1.165, 1.54) is 0 Å². The molecule has 7 heteroatoms. The second-order valence-corrected chi connectivity index (χ2v) is 9.49. The van der Waals surface area contributed by atoms with E-state index in [0.29, 0.717) is 25.0 Å². The first-order chi connectivity index (χ1) is 11.0. The van der Waals surface area contributed by atoms with Crippen LogP contribution in [0.5, 0.6) is 0 Å². The van der Waals surface area contributed by atoms with Crippen LogP contribution in [0.25, 0.3) is 0 Å². The molecule has 3 aliphatic rings. The Morgan fingerprint density at radius 3 is 2.43 bits per heavy atom. The Morgan fingerprint density at radius 2 is 1.78 bits per heavy atom. The van der Waals surface area contributed by atoms with Crippen LogP contribution in [0.15, 0.2) is 0 Å². The topological polar surface area (TPSA) is 66.9 Å². The van der Waals surface area contributed by atoms with Gasteiger partial charge in [0.05, 0.1) is 18.5 Å². The van der Waals surface area contributed by atoms with Crippen molar-refractivity contribution in [1.82, 2.24) is 9.80 Å². The van der Waals surface area contributed by atoms with E-state index in [1.54, 1.807) is 4.90 Å². The molecule has 0 radical (unpaired) electrons. The summed E-state index contributed by atoms with van der Waals surface area (Å²) in [4.78, 5) is 16.6. The number of morpholine rings is 1. The number of hydrogen-bond acceptors (Lipinski definition) is 5. The molecule has 0 aromatic heterocycles. The summed E-state index contributed by atoms with van der Waals surface area (Å²) in [6.45, 7) is 6.76. The van der Waals surface area contributed by atoms with Crippen molar-refractivity contribution in [2.45, 2.75) is 43.9 Å². The van der Waals surface area contributed by atoms with Gasteiger partial charge in [-0.1, -0.05) is 19.8 Å². The number of sulfone groups is 1. The van der Waals surface area contributed by atoms with Crippen LogP contribution >= 0.6 is 0 Å². The highest BCUT2D eigenvalue weighted by Crippen LogP contribution is 2.27. The van der Waals surface area contributed by atoms with Gasteiger partial charge in [-0.2, -0.15) is 0 Å². The molecule has 0 aromatic rings. The molecule has 2 atom stereocenters. The van der Waals surface area contributed by atoms with Gasteiger partial charge >= 0.3 is 0 Å². The number of carbonyl (C=O) groups is 1. The van der Waals surface area contributed by atoms with Crippen LogP contribution < -0.4 is 0 Å². The van der Waals surface area contributed by atoms with E-state index in [9.17, 15) is 13.2 Å². The van der Waals surface area contributed by atoms with Gasteiger partial charge in [-0.25, -0.2) is 8.42 Å². The lowest BCUT2D eigenvalue weighted by molar-refractivity contribution is -0.127. The smallest absolute Gasteiger partial charge is 0.237 e. The highest BCUT2D eigenvalue weighted by molar-refractivity contribution is 7.92. The second-order valence-electron chi connectivity index (χ2n) is 7.21. The third-order valence-electron chi connectivity index (χ3n) is 5.57. The highest BCUT2D eigenvalue weighted by Gasteiger charge is 2.39. The average molecular weight is 344 g/mol. The van der Waals surface area contributed by atoms with Crippen molar-refractivity contribution in [2.24, 2.45) is 5.92 Å². The fourth-order valence-corrected chi connectivity index (χ4v) is 5.98. The minimum absolute atomic E-state index is 0.209. The van der Waals surface area contributed by atoms with E-state index in [1.807, 2.05) is 0 Å². The molecule has 0 spiro atoms. The Morgan fingerprint density at radius 1 is 1.13 bits per heavy atom. The first-order valence-electron chi connectivity index (χ1n) is 8.78. The summed E-state index contributed by atoms with van der Waals surface area (Å²) in [6, 6.07) is 0.331. The fraction of sp³-hybridized carbons (Fsp3) is 0.938. The number of ether oxygens (including phenoxy) is 1. The average Bonchev–Trinajstić information content (AvgIpc) is 3.17. The maximum atomic E-state index is 12.5. The first kappa shape index (κ1) is 17.2. The van der Waals surface area contributed by atoms with Crippen LogP contribution in [-0.2, 0) is 19.4 Å². The lowest BCUT2D eigenvalue weighted by Crippen LogP contribution is -2.47. The van der Waals surface area contributed by atoms with Gasteiger partial charge < -0.3 is 9.64 Å².